The molecule has 0 saturated carbocycles. The van der Waals surface area contributed by atoms with Crippen LogP contribution in [-0.4, -0.2) is 43.0 Å². The van der Waals surface area contributed by atoms with Crippen molar-refractivity contribution < 1.29 is 19.1 Å². The van der Waals surface area contributed by atoms with Gasteiger partial charge in [0.25, 0.3) is 5.91 Å². The Morgan fingerprint density at radius 1 is 1.00 bits per heavy atom. The summed E-state index contributed by atoms with van der Waals surface area (Å²) in [7, 11) is 1.55. The lowest BCUT2D eigenvalue weighted by molar-refractivity contribution is -0.143. The summed E-state index contributed by atoms with van der Waals surface area (Å²) in [4.78, 5) is 27.4. The van der Waals surface area contributed by atoms with E-state index in [1.165, 1.54) is 0 Å². The number of hydrogen-bond acceptors (Lipinski definition) is 4. The minimum atomic E-state index is -0.560. The van der Waals surface area contributed by atoms with Crippen LogP contribution in [0.2, 0.25) is 0 Å². The van der Waals surface area contributed by atoms with Gasteiger partial charge < -0.3 is 19.7 Å². The van der Waals surface area contributed by atoms with Gasteiger partial charge in [0.05, 0.1) is 7.11 Å². The predicted octanol–water partition coefficient (Wildman–Crippen LogP) is 3.41. The molecule has 0 fully saturated rings. The van der Waals surface area contributed by atoms with E-state index in [-0.39, 0.29) is 18.4 Å². The van der Waals surface area contributed by atoms with Crippen molar-refractivity contribution in [3.8, 4) is 11.5 Å². The summed E-state index contributed by atoms with van der Waals surface area (Å²) in [5, 5.41) is 2.90. The molecule has 6 nitrogen and oxygen atoms in total. The van der Waals surface area contributed by atoms with E-state index in [2.05, 4.69) is 5.32 Å². The minimum absolute atomic E-state index is 0.143. The molecule has 0 aliphatic rings. The quantitative estimate of drug-likeness (QED) is 0.630. The molecular weight excluding hydrogens is 368 g/mol. The Morgan fingerprint density at radius 2 is 1.66 bits per heavy atom. The van der Waals surface area contributed by atoms with Crippen molar-refractivity contribution in [3.05, 3.63) is 60.2 Å². The van der Waals surface area contributed by atoms with Crippen molar-refractivity contribution in [3.63, 3.8) is 0 Å². The molecule has 2 amide bonds. The lowest BCUT2D eigenvalue weighted by Crippen LogP contribution is -2.50. The number of hydrogen-bond donors (Lipinski definition) is 1. The molecule has 0 radical (unpaired) electrons. The van der Waals surface area contributed by atoms with Crippen LogP contribution in [-0.2, 0) is 16.1 Å². The van der Waals surface area contributed by atoms with Crippen LogP contribution in [0.3, 0.4) is 0 Å². The molecule has 1 N–H and O–H groups in total. The van der Waals surface area contributed by atoms with Crippen LogP contribution in [0.4, 0.5) is 0 Å². The third kappa shape index (κ3) is 6.52. The van der Waals surface area contributed by atoms with Gasteiger partial charge in [0, 0.05) is 13.1 Å². The third-order valence-corrected chi connectivity index (χ3v) is 4.55. The zero-order chi connectivity index (χ0) is 21.1. The van der Waals surface area contributed by atoms with Crippen LogP contribution in [0.15, 0.2) is 54.6 Å². The summed E-state index contributed by atoms with van der Waals surface area (Å²) in [6.45, 7) is 4.65. The van der Waals surface area contributed by atoms with Gasteiger partial charge in [-0.3, -0.25) is 9.59 Å². The van der Waals surface area contributed by atoms with Gasteiger partial charge in [-0.15, -0.1) is 0 Å². The molecule has 0 aliphatic heterocycles. The van der Waals surface area contributed by atoms with Crippen molar-refractivity contribution in [2.45, 2.75) is 39.3 Å². The number of carbonyl (C=O) groups excluding carboxylic acids is 2. The van der Waals surface area contributed by atoms with E-state index in [1.807, 2.05) is 56.3 Å². The number of nitrogens with one attached hydrogen (secondary N) is 1. The lowest BCUT2D eigenvalue weighted by atomic mass is 10.1. The molecule has 6 heteroatoms. The molecule has 0 bridgehead atoms. The van der Waals surface area contributed by atoms with Gasteiger partial charge in [-0.25, -0.2) is 0 Å². The highest BCUT2D eigenvalue weighted by molar-refractivity contribution is 5.88. The Hall–Kier alpha value is -3.02. The molecule has 2 rings (SSSR count). The van der Waals surface area contributed by atoms with E-state index < -0.39 is 6.04 Å². The molecule has 0 aliphatic carbocycles. The Labute approximate surface area is 172 Å². The molecule has 2 aromatic carbocycles. The van der Waals surface area contributed by atoms with E-state index in [4.69, 9.17) is 9.47 Å². The highest BCUT2D eigenvalue weighted by Crippen LogP contribution is 2.26. The number of benzene rings is 2. The first-order valence-corrected chi connectivity index (χ1v) is 9.97. The average Bonchev–Trinajstić information content (AvgIpc) is 2.76. The van der Waals surface area contributed by atoms with E-state index in [0.29, 0.717) is 31.0 Å². The number of para-hydroxylation sites is 2. The van der Waals surface area contributed by atoms with Crippen molar-refractivity contribution in [1.82, 2.24) is 10.2 Å². The molecule has 0 heterocycles. The number of ether oxygens (including phenoxy) is 2. The lowest BCUT2D eigenvalue weighted by Gasteiger charge is -2.30. The van der Waals surface area contributed by atoms with Gasteiger partial charge >= 0.3 is 0 Å². The SMILES string of the molecule is CCCNC(=O)[C@@H](CC)N(Cc1ccccc1)C(=O)COc1ccccc1OC. The maximum Gasteiger partial charge on any atom is 0.261 e. The summed E-state index contributed by atoms with van der Waals surface area (Å²) in [5.41, 5.74) is 0.958. The number of nitrogens with zero attached hydrogens (tertiary/aromatic N) is 1. The Bertz CT molecular complexity index is 779. The fourth-order valence-corrected chi connectivity index (χ4v) is 3.03. The van der Waals surface area contributed by atoms with Crippen LogP contribution >= 0.6 is 0 Å². The van der Waals surface area contributed by atoms with Gasteiger partial charge in [0.2, 0.25) is 5.91 Å². The van der Waals surface area contributed by atoms with Crippen LogP contribution in [0.5, 0.6) is 11.5 Å². The molecule has 1 atom stereocenters. The molecule has 156 valence electrons. The topological polar surface area (TPSA) is 67.9 Å². The maximum absolute atomic E-state index is 13.1. The number of rotatable bonds is 11. The van der Waals surface area contributed by atoms with Gasteiger partial charge in [-0.2, -0.15) is 0 Å². The van der Waals surface area contributed by atoms with Gasteiger partial charge in [0.1, 0.15) is 6.04 Å². The normalized spacial score (nSPS) is 11.4. The first kappa shape index (κ1) is 22.3. The largest absolute Gasteiger partial charge is 0.493 e. The van der Waals surface area contributed by atoms with Crippen LogP contribution < -0.4 is 14.8 Å². The first-order valence-electron chi connectivity index (χ1n) is 9.97. The zero-order valence-corrected chi connectivity index (χ0v) is 17.4. The van der Waals surface area contributed by atoms with E-state index in [1.54, 1.807) is 24.1 Å². The fraction of sp³-hybridized carbons (Fsp3) is 0.391. The van der Waals surface area contributed by atoms with E-state index in [0.717, 1.165) is 12.0 Å². The summed E-state index contributed by atoms with van der Waals surface area (Å²) in [5.74, 6) is 0.656. The molecule has 29 heavy (non-hydrogen) atoms. The van der Waals surface area contributed by atoms with Crippen LogP contribution in [0, 0.1) is 0 Å². The number of methoxy groups -OCH3 is 1. The molecule has 2 aromatic rings. The fourth-order valence-electron chi connectivity index (χ4n) is 3.03. The minimum Gasteiger partial charge on any atom is -0.493 e. The second kappa shape index (κ2) is 11.7. The van der Waals surface area contributed by atoms with Crippen LogP contribution in [0.1, 0.15) is 32.3 Å². The second-order valence-electron chi connectivity index (χ2n) is 6.66. The number of carbonyl (C=O) groups is 2. The summed E-state index contributed by atoms with van der Waals surface area (Å²) < 4.78 is 11.0. The number of amides is 2. The van der Waals surface area contributed by atoms with E-state index in [9.17, 15) is 9.59 Å². The maximum atomic E-state index is 13.1. The van der Waals surface area contributed by atoms with Crippen LogP contribution in [0.25, 0.3) is 0 Å². The zero-order valence-electron chi connectivity index (χ0n) is 17.4. The standard InChI is InChI=1S/C23H30N2O4/c1-4-15-24-23(27)19(5-2)25(16-18-11-7-6-8-12-18)22(26)17-29-21-14-10-9-13-20(21)28-3/h6-14,19H,4-5,15-17H2,1-3H3,(H,24,27)/t19-/m1/s1. The monoisotopic (exact) mass is 398 g/mol. The average molecular weight is 399 g/mol. The molecule has 0 spiro atoms. The van der Waals surface area contributed by atoms with Gasteiger partial charge in [0.15, 0.2) is 18.1 Å². The van der Waals surface area contributed by atoms with Crippen molar-refractivity contribution in [2.24, 2.45) is 0 Å². The predicted molar refractivity (Wildman–Crippen MR) is 113 cm³/mol. The summed E-state index contributed by atoms with van der Waals surface area (Å²) in [6, 6.07) is 16.3. The van der Waals surface area contributed by atoms with Crippen molar-refractivity contribution in [1.29, 1.82) is 0 Å². The molecule has 0 saturated heterocycles. The van der Waals surface area contributed by atoms with Gasteiger partial charge in [-0.1, -0.05) is 56.3 Å². The second-order valence-corrected chi connectivity index (χ2v) is 6.66. The summed E-state index contributed by atoms with van der Waals surface area (Å²) in [6.07, 6.45) is 1.36. The molecule has 0 unspecified atom stereocenters. The first-order chi connectivity index (χ1) is 14.1. The third-order valence-electron chi connectivity index (χ3n) is 4.55. The van der Waals surface area contributed by atoms with E-state index >= 15 is 0 Å². The van der Waals surface area contributed by atoms with Crippen molar-refractivity contribution in [2.75, 3.05) is 20.3 Å². The molecular formula is C23H30N2O4. The Kier molecular flexibility index (Phi) is 9.02. The van der Waals surface area contributed by atoms with Gasteiger partial charge in [-0.05, 0) is 30.5 Å². The highest BCUT2D eigenvalue weighted by Gasteiger charge is 2.28. The van der Waals surface area contributed by atoms with Crippen molar-refractivity contribution >= 4 is 11.8 Å². The highest BCUT2D eigenvalue weighted by atomic mass is 16.5. The Balaban J connectivity index is 2.18. The summed E-state index contributed by atoms with van der Waals surface area (Å²) >= 11 is 0. The molecule has 0 aromatic heterocycles. The Morgan fingerprint density at radius 3 is 2.28 bits per heavy atom. The smallest absolute Gasteiger partial charge is 0.261 e.